The van der Waals surface area contributed by atoms with E-state index in [0.717, 1.165) is 12.5 Å². The van der Waals surface area contributed by atoms with Crippen LogP contribution in [0.4, 0.5) is 13.2 Å². The Balaban J connectivity index is 2.21. The maximum absolute atomic E-state index is 13.4. The summed E-state index contributed by atoms with van der Waals surface area (Å²) in [6.07, 6.45) is -2.48. The molecule has 7 heteroatoms. The van der Waals surface area contributed by atoms with Crippen molar-refractivity contribution in [2.75, 3.05) is 7.11 Å². The molecule has 0 aliphatic carbocycles. The maximum Gasteiger partial charge on any atom is 0.417 e. The largest absolute Gasteiger partial charge is 0.497 e. The number of halogens is 3. The number of benzene rings is 1. The second kappa shape index (κ2) is 6.14. The molecule has 3 rings (SSSR count). The molecule has 126 valence electrons. The molecule has 24 heavy (non-hydrogen) atoms. The van der Waals surface area contributed by atoms with Gasteiger partial charge >= 0.3 is 6.18 Å². The number of aromatic nitrogens is 3. The molecule has 0 fully saturated rings. The quantitative estimate of drug-likeness (QED) is 0.703. The lowest BCUT2D eigenvalue weighted by Gasteiger charge is -2.11. The van der Waals surface area contributed by atoms with Gasteiger partial charge in [-0.3, -0.25) is 0 Å². The van der Waals surface area contributed by atoms with E-state index in [0.29, 0.717) is 17.9 Å². The molecule has 2 heterocycles. The Kier molecular flexibility index (Phi) is 4.17. The van der Waals surface area contributed by atoms with Crippen molar-refractivity contribution in [1.29, 1.82) is 0 Å². The molecule has 0 amide bonds. The molecule has 0 bridgehead atoms. The minimum absolute atomic E-state index is 0.0215. The van der Waals surface area contributed by atoms with E-state index in [9.17, 15) is 13.2 Å². The summed E-state index contributed by atoms with van der Waals surface area (Å²) in [7, 11) is 1.53. The number of hydrogen-bond acceptors (Lipinski definition) is 3. The summed E-state index contributed by atoms with van der Waals surface area (Å²) in [5.74, 6) is 0.631. The normalized spacial score (nSPS) is 11.9. The number of alkyl halides is 3. The Morgan fingerprint density at radius 3 is 2.46 bits per heavy atom. The average Bonchev–Trinajstić information content (AvgIpc) is 2.96. The minimum atomic E-state index is -4.47. The van der Waals surface area contributed by atoms with Crippen LogP contribution in [-0.2, 0) is 12.7 Å². The van der Waals surface area contributed by atoms with Crippen molar-refractivity contribution in [2.24, 2.45) is 0 Å². The first kappa shape index (κ1) is 16.3. The van der Waals surface area contributed by atoms with E-state index in [4.69, 9.17) is 4.74 Å². The van der Waals surface area contributed by atoms with Gasteiger partial charge in [0.25, 0.3) is 0 Å². The van der Waals surface area contributed by atoms with Gasteiger partial charge in [0.05, 0.1) is 30.0 Å². The summed E-state index contributed by atoms with van der Waals surface area (Å²) in [6, 6.07) is 7.83. The molecular weight excluding hydrogens is 319 g/mol. The molecular formula is C17H16F3N3O. The summed E-state index contributed by atoms with van der Waals surface area (Å²) in [5.41, 5.74) is 0.376. The zero-order chi connectivity index (χ0) is 17.3. The monoisotopic (exact) mass is 335 g/mol. The van der Waals surface area contributed by atoms with Crippen molar-refractivity contribution in [3.63, 3.8) is 0 Å². The van der Waals surface area contributed by atoms with E-state index >= 15 is 0 Å². The van der Waals surface area contributed by atoms with Crippen LogP contribution in [0.5, 0.6) is 5.75 Å². The molecule has 1 aromatic carbocycles. The second-order valence-electron chi connectivity index (χ2n) is 5.39. The van der Waals surface area contributed by atoms with Gasteiger partial charge in [-0.1, -0.05) is 6.92 Å². The van der Waals surface area contributed by atoms with Crippen LogP contribution < -0.4 is 4.74 Å². The van der Waals surface area contributed by atoms with Crippen molar-refractivity contribution in [1.82, 2.24) is 14.8 Å². The predicted octanol–water partition coefficient (Wildman–Crippen LogP) is 4.54. The first-order chi connectivity index (χ1) is 11.4. The van der Waals surface area contributed by atoms with Crippen LogP contribution in [0, 0.1) is 0 Å². The molecule has 0 N–H and O–H groups in total. The van der Waals surface area contributed by atoms with E-state index in [2.05, 4.69) is 10.1 Å². The first-order valence-corrected chi connectivity index (χ1v) is 7.52. The highest BCUT2D eigenvalue weighted by Crippen LogP contribution is 2.37. The Bertz CT molecular complexity index is 854. The van der Waals surface area contributed by atoms with E-state index in [-0.39, 0.29) is 16.7 Å². The summed E-state index contributed by atoms with van der Waals surface area (Å²) < 4.78 is 46.9. The van der Waals surface area contributed by atoms with Crippen LogP contribution in [0.15, 0.2) is 36.5 Å². The highest BCUT2D eigenvalue weighted by atomic mass is 19.4. The standard InChI is InChI=1S/C17H16F3N3O/c1-3-8-23-16-13(10-21-23)14(17(18,19)20)9-15(22-16)11-4-6-12(24-2)7-5-11/h4-7,9-10H,3,8H2,1-2H3. The number of aryl methyl sites for hydroxylation is 1. The molecule has 0 aliphatic heterocycles. The van der Waals surface area contributed by atoms with E-state index in [1.807, 2.05) is 6.92 Å². The summed E-state index contributed by atoms with van der Waals surface area (Å²) >= 11 is 0. The van der Waals surface area contributed by atoms with Gasteiger partial charge in [-0.05, 0) is 36.8 Å². The van der Waals surface area contributed by atoms with Gasteiger partial charge in [-0.25, -0.2) is 9.67 Å². The SMILES string of the molecule is CCCn1ncc2c(C(F)(F)F)cc(-c3ccc(OC)cc3)nc21. The minimum Gasteiger partial charge on any atom is -0.497 e. The van der Waals surface area contributed by atoms with Gasteiger partial charge in [0.15, 0.2) is 5.65 Å². The maximum atomic E-state index is 13.4. The molecule has 0 saturated heterocycles. The Labute approximate surface area is 136 Å². The summed E-state index contributed by atoms with van der Waals surface area (Å²) in [4.78, 5) is 4.41. The number of pyridine rings is 1. The van der Waals surface area contributed by atoms with E-state index in [1.165, 1.54) is 18.0 Å². The summed E-state index contributed by atoms with van der Waals surface area (Å²) in [6.45, 7) is 2.45. The fourth-order valence-electron chi connectivity index (χ4n) is 2.57. The number of rotatable bonds is 4. The molecule has 0 radical (unpaired) electrons. The molecule has 3 aromatic rings. The lowest BCUT2D eigenvalue weighted by molar-refractivity contribution is -0.136. The van der Waals surface area contributed by atoms with Gasteiger partial charge in [0, 0.05) is 12.1 Å². The van der Waals surface area contributed by atoms with Gasteiger partial charge in [0.1, 0.15) is 5.75 Å². The van der Waals surface area contributed by atoms with Gasteiger partial charge in [-0.2, -0.15) is 18.3 Å². The zero-order valence-electron chi connectivity index (χ0n) is 13.3. The Morgan fingerprint density at radius 1 is 1.17 bits per heavy atom. The Morgan fingerprint density at radius 2 is 1.88 bits per heavy atom. The fourth-order valence-corrected chi connectivity index (χ4v) is 2.57. The van der Waals surface area contributed by atoms with Crippen LogP contribution in [0.1, 0.15) is 18.9 Å². The highest BCUT2D eigenvalue weighted by molar-refractivity contribution is 5.83. The Hall–Kier alpha value is -2.57. The number of ether oxygens (including phenoxy) is 1. The number of hydrogen-bond donors (Lipinski definition) is 0. The van der Waals surface area contributed by atoms with Crippen molar-refractivity contribution in [3.8, 4) is 17.0 Å². The van der Waals surface area contributed by atoms with Crippen molar-refractivity contribution in [3.05, 3.63) is 42.1 Å². The molecule has 0 atom stereocenters. The lowest BCUT2D eigenvalue weighted by atomic mass is 10.1. The van der Waals surface area contributed by atoms with Crippen LogP contribution in [0.2, 0.25) is 0 Å². The lowest BCUT2D eigenvalue weighted by Crippen LogP contribution is -2.08. The van der Waals surface area contributed by atoms with Crippen LogP contribution in [-0.4, -0.2) is 21.9 Å². The first-order valence-electron chi connectivity index (χ1n) is 7.52. The van der Waals surface area contributed by atoms with Gasteiger partial charge in [0.2, 0.25) is 0 Å². The fraction of sp³-hybridized carbons (Fsp3) is 0.294. The molecule has 0 spiro atoms. The van der Waals surface area contributed by atoms with Crippen molar-refractivity contribution >= 4 is 11.0 Å². The zero-order valence-corrected chi connectivity index (χ0v) is 13.3. The topological polar surface area (TPSA) is 39.9 Å². The van der Waals surface area contributed by atoms with Crippen LogP contribution in [0.3, 0.4) is 0 Å². The molecule has 4 nitrogen and oxygen atoms in total. The third-order valence-electron chi connectivity index (χ3n) is 3.74. The predicted molar refractivity (Wildman–Crippen MR) is 84.8 cm³/mol. The van der Waals surface area contributed by atoms with Gasteiger partial charge in [-0.15, -0.1) is 0 Å². The third kappa shape index (κ3) is 2.93. The number of fused-ring (bicyclic) bond motifs is 1. The number of nitrogens with zero attached hydrogens (tertiary/aromatic N) is 3. The number of methoxy groups -OCH3 is 1. The van der Waals surface area contributed by atoms with Crippen LogP contribution in [0.25, 0.3) is 22.3 Å². The molecule has 2 aromatic heterocycles. The third-order valence-corrected chi connectivity index (χ3v) is 3.74. The van der Waals surface area contributed by atoms with E-state index in [1.54, 1.807) is 24.3 Å². The van der Waals surface area contributed by atoms with Crippen molar-refractivity contribution < 1.29 is 17.9 Å². The molecule has 0 unspecified atom stereocenters. The van der Waals surface area contributed by atoms with Crippen molar-refractivity contribution in [2.45, 2.75) is 26.1 Å². The van der Waals surface area contributed by atoms with Crippen LogP contribution >= 0.6 is 0 Å². The highest BCUT2D eigenvalue weighted by Gasteiger charge is 2.34. The summed E-state index contributed by atoms with van der Waals surface area (Å²) in [5, 5.41) is 4.08. The second-order valence-corrected chi connectivity index (χ2v) is 5.39. The van der Waals surface area contributed by atoms with E-state index < -0.39 is 11.7 Å². The molecule has 0 aliphatic rings. The average molecular weight is 335 g/mol. The molecule has 0 saturated carbocycles. The van der Waals surface area contributed by atoms with Gasteiger partial charge < -0.3 is 4.74 Å². The smallest absolute Gasteiger partial charge is 0.417 e.